The molecule has 0 radical (unpaired) electrons. The van der Waals surface area contributed by atoms with Gasteiger partial charge in [0.05, 0.1) is 0 Å². The van der Waals surface area contributed by atoms with E-state index >= 15 is 0 Å². The predicted octanol–water partition coefficient (Wildman–Crippen LogP) is 2.52. The second-order valence-corrected chi connectivity index (χ2v) is 5.58. The molecular weight excluding hydrogens is 264 g/mol. The van der Waals surface area contributed by atoms with Gasteiger partial charge in [0.25, 0.3) is 5.91 Å². The number of ether oxygens (including phenoxy) is 1. The molecule has 0 spiro atoms. The average Bonchev–Trinajstić information content (AvgIpc) is 2.46. The van der Waals surface area contributed by atoms with Crippen molar-refractivity contribution in [2.45, 2.75) is 52.1 Å². The van der Waals surface area contributed by atoms with E-state index in [0.717, 1.165) is 25.0 Å². The van der Waals surface area contributed by atoms with E-state index in [1.54, 1.807) is 0 Å². The van der Waals surface area contributed by atoms with Crippen molar-refractivity contribution in [2.75, 3.05) is 13.7 Å². The van der Waals surface area contributed by atoms with Crippen LogP contribution >= 0.6 is 0 Å². The first-order valence-electron chi connectivity index (χ1n) is 7.73. The fourth-order valence-corrected chi connectivity index (χ4v) is 2.15. The molecule has 0 saturated heterocycles. The summed E-state index contributed by atoms with van der Waals surface area (Å²) < 4.78 is 5.51. The minimum absolute atomic E-state index is 0.0659. The van der Waals surface area contributed by atoms with Crippen LogP contribution in [0.1, 0.15) is 39.2 Å². The molecule has 1 aromatic carbocycles. The van der Waals surface area contributed by atoms with E-state index in [-0.39, 0.29) is 18.6 Å². The van der Waals surface area contributed by atoms with E-state index in [9.17, 15) is 4.79 Å². The van der Waals surface area contributed by atoms with Gasteiger partial charge in [-0.05, 0) is 51.4 Å². The predicted molar refractivity (Wildman–Crippen MR) is 86.7 cm³/mol. The van der Waals surface area contributed by atoms with Crippen molar-refractivity contribution in [2.24, 2.45) is 0 Å². The molecule has 2 atom stereocenters. The molecular formula is C17H28N2O2. The highest BCUT2D eigenvalue weighted by atomic mass is 16.5. The Kier molecular flexibility index (Phi) is 7.83. The molecule has 0 aliphatic carbocycles. The lowest BCUT2D eigenvalue weighted by Gasteiger charge is -2.13. The standard InChI is InChI=1S/C17H28N2O2/c1-5-6-13(2)19-17(20)12-21-16-9-7-15(8-10-16)11-14(3)18-4/h7-10,13-14,18H,5-6,11-12H2,1-4H3,(H,19,20). The van der Waals surface area contributed by atoms with Crippen LogP contribution in [0.5, 0.6) is 5.75 Å². The van der Waals surface area contributed by atoms with E-state index < -0.39 is 0 Å². The molecule has 0 saturated carbocycles. The van der Waals surface area contributed by atoms with Gasteiger partial charge in [-0.1, -0.05) is 25.5 Å². The molecule has 21 heavy (non-hydrogen) atoms. The summed E-state index contributed by atoms with van der Waals surface area (Å²) in [6.07, 6.45) is 3.03. The van der Waals surface area contributed by atoms with Crippen molar-refractivity contribution >= 4 is 5.91 Å². The van der Waals surface area contributed by atoms with Crippen molar-refractivity contribution in [3.8, 4) is 5.75 Å². The number of likely N-dealkylation sites (N-methyl/N-ethyl adjacent to an activating group) is 1. The molecule has 118 valence electrons. The normalized spacial score (nSPS) is 13.5. The van der Waals surface area contributed by atoms with Crippen LogP contribution in [0, 0.1) is 0 Å². The molecule has 0 aromatic heterocycles. The number of rotatable bonds is 9. The molecule has 1 amide bonds. The van der Waals surface area contributed by atoms with Crippen molar-refractivity contribution < 1.29 is 9.53 Å². The fraction of sp³-hybridized carbons (Fsp3) is 0.588. The van der Waals surface area contributed by atoms with Gasteiger partial charge in [-0.15, -0.1) is 0 Å². The zero-order valence-electron chi connectivity index (χ0n) is 13.6. The molecule has 4 nitrogen and oxygen atoms in total. The number of nitrogens with one attached hydrogen (secondary N) is 2. The van der Waals surface area contributed by atoms with Crippen LogP contribution in [0.25, 0.3) is 0 Å². The summed E-state index contributed by atoms with van der Waals surface area (Å²) in [5, 5.41) is 6.14. The molecule has 2 unspecified atom stereocenters. The average molecular weight is 292 g/mol. The maximum absolute atomic E-state index is 11.7. The Hall–Kier alpha value is -1.55. The lowest BCUT2D eigenvalue weighted by molar-refractivity contribution is -0.123. The SMILES string of the molecule is CCCC(C)NC(=O)COc1ccc(CC(C)NC)cc1. The van der Waals surface area contributed by atoms with Gasteiger partial charge >= 0.3 is 0 Å². The van der Waals surface area contributed by atoms with E-state index in [0.29, 0.717) is 6.04 Å². The van der Waals surface area contributed by atoms with E-state index in [4.69, 9.17) is 4.74 Å². The Labute approximate surface area is 128 Å². The molecule has 0 heterocycles. The lowest BCUT2D eigenvalue weighted by Crippen LogP contribution is -2.35. The molecule has 1 aromatic rings. The topological polar surface area (TPSA) is 50.4 Å². The molecule has 0 aliphatic rings. The van der Waals surface area contributed by atoms with Crippen LogP contribution in [0.3, 0.4) is 0 Å². The first-order valence-corrected chi connectivity index (χ1v) is 7.73. The highest BCUT2D eigenvalue weighted by molar-refractivity contribution is 5.77. The zero-order valence-corrected chi connectivity index (χ0v) is 13.6. The van der Waals surface area contributed by atoms with Crippen LogP contribution in [-0.4, -0.2) is 31.6 Å². The van der Waals surface area contributed by atoms with Crippen LogP contribution in [0.2, 0.25) is 0 Å². The molecule has 1 rings (SSSR count). The second-order valence-electron chi connectivity index (χ2n) is 5.58. The van der Waals surface area contributed by atoms with Gasteiger partial charge in [0.1, 0.15) is 5.75 Å². The van der Waals surface area contributed by atoms with Gasteiger partial charge < -0.3 is 15.4 Å². The van der Waals surface area contributed by atoms with Gasteiger partial charge in [-0.2, -0.15) is 0 Å². The number of hydrogen-bond acceptors (Lipinski definition) is 3. The monoisotopic (exact) mass is 292 g/mol. The summed E-state index contributed by atoms with van der Waals surface area (Å²) in [5.74, 6) is 0.665. The first kappa shape index (κ1) is 17.5. The third-order valence-corrected chi connectivity index (χ3v) is 3.46. The van der Waals surface area contributed by atoms with Crippen molar-refractivity contribution in [3.05, 3.63) is 29.8 Å². The van der Waals surface area contributed by atoms with Crippen molar-refractivity contribution in [1.29, 1.82) is 0 Å². The Morgan fingerprint density at radius 2 is 1.86 bits per heavy atom. The zero-order chi connectivity index (χ0) is 15.7. The van der Waals surface area contributed by atoms with Crippen LogP contribution < -0.4 is 15.4 Å². The van der Waals surface area contributed by atoms with Gasteiger partial charge in [0.15, 0.2) is 6.61 Å². The van der Waals surface area contributed by atoms with Crippen LogP contribution in [0.15, 0.2) is 24.3 Å². The van der Waals surface area contributed by atoms with Gasteiger partial charge in [-0.25, -0.2) is 0 Å². The maximum atomic E-state index is 11.7. The van der Waals surface area contributed by atoms with Crippen LogP contribution in [-0.2, 0) is 11.2 Å². The number of carbonyl (C=O) groups excluding carboxylic acids is 1. The van der Waals surface area contributed by atoms with Gasteiger partial charge in [0.2, 0.25) is 0 Å². The van der Waals surface area contributed by atoms with Gasteiger partial charge in [-0.3, -0.25) is 4.79 Å². The highest BCUT2D eigenvalue weighted by Gasteiger charge is 2.07. The smallest absolute Gasteiger partial charge is 0.258 e. The van der Waals surface area contributed by atoms with E-state index in [1.807, 2.05) is 38.2 Å². The Bertz CT molecular complexity index is 417. The Balaban J connectivity index is 2.37. The largest absolute Gasteiger partial charge is 0.484 e. The number of carbonyl (C=O) groups is 1. The number of hydrogen-bond donors (Lipinski definition) is 2. The Morgan fingerprint density at radius 1 is 1.19 bits per heavy atom. The third-order valence-electron chi connectivity index (χ3n) is 3.46. The highest BCUT2D eigenvalue weighted by Crippen LogP contribution is 2.13. The molecule has 2 N–H and O–H groups in total. The summed E-state index contributed by atoms with van der Waals surface area (Å²) >= 11 is 0. The van der Waals surface area contributed by atoms with Crippen molar-refractivity contribution in [1.82, 2.24) is 10.6 Å². The van der Waals surface area contributed by atoms with Crippen LogP contribution in [0.4, 0.5) is 0 Å². The lowest BCUT2D eigenvalue weighted by atomic mass is 10.1. The first-order chi connectivity index (χ1) is 10.0. The van der Waals surface area contributed by atoms with Crippen molar-refractivity contribution in [3.63, 3.8) is 0 Å². The third kappa shape index (κ3) is 7.14. The van der Waals surface area contributed by atoms with E-state index in [1.165, 1.54) is 5.56 Å². The summed E-state index contributed by atoms with van der Waals surface area (Å²) in [6, 6.07) is 8.57. The quantitative estimate of drug-likeness (QED) is 0.735. The van der Waals surface area contributed by atoms with E-state index in [2.05, 4.69) is 24.5 Å². The molecule has 0 aliphatic heterocycles. The Morgan fingerprint density at radius 3 is 2.43 bits per heavy atom. The number of benzene rings is 1. The molecule has 0 fully saturated rings. The van der Waals surface area contributed by atoms with Gasteiger partial charge in [0, 0.05) is 12.1 Å². The number of amides is 1. The minimum Gasteiger partial charge on any atom is -0.484 e. The molecule has 4 heteroatoms. The second kappa shape index (κ2) is 9.40. The summed E-state index contributed by atoms with van der Waals surface area (Å²) in [4.78, 5) is 11.7. The summed E-state index contributed by atoms with van der Waals surface area (Å²) in [5.41, 5.74) is 1.25. The summed E-state index contributed by atoms with van der Waals surface area (Å²) in [7, 11) is 1.96. The summed E-state index contributed by atoms with van der Waals surface area (Å²) in [6.45, 7) is 6.33. The minimum atomic E-state index is -0.0659. The molecule has 0 bridgehead atoms. The fourth-order valence-electron chi connectivity index (χ4n) is 2.15. The maximum Gasteiger partial charge on any atom is 0.258 e.